The van der Waals surface area contributed by atoms with E-state index in [1.807, 2.05) is 4.90 Å². The Morgan fingerprint density at radius 2 is 1.84 bits per heavy atom. The minimum atomic E-state index is -2.01. The Morgan fingerprint density at radius 1 is 1.09 bits per heavy atom. The number of hydrogen-bond donors (Lipinski definition) is 5. The van der Waals surface area contributed by atoms with Crippen LogP contribution in [0.2, 0.25) is 0 Å². The number of carbonyl (C=O) groups excluding carboxylic acids is 3. The van der Waals surface area contributed by atoms with Crippen molar-refractivity contribution in [2.24, 2.45) is 0 Å². The highest BCUT2D eigenvalue weighted by molar-refractivity contribution is 6.32. The molecule has 230 valence electrons. The van der Waals surface area contributed by atoms with Crippen LogP contribution in [0, 0.1) is 0 Å². The minimum Gasteiger partial charge on any atom is -0.507 e. The van der Waals surface area contributed by atoms with E-state index in [-0.39, 0.29) is 47.4 Å². The van der Waals surface area contributed by atoms with Crippen molar-refractivity contribution >= 4 is 23.0 Å². The molecule has 43 heavy (non-hydrogen) atoms. The third-order valence-corrected chi connectivity index (χ3v) is 9.03. The number of morpholine rings is 1. The number of rotatable bonds is 5. The molecule has 0 radical (unpaired) electrons. The Hall–Kier alpha value is -3.43. The highest BCUT2D eigenvalue weighted by atomic mass is 16.7. The number of nitrogen functional groups attached to an aromatic ring is 1. The number of Topliss-reactive ketones (excluding diaryl/α,β-unsaturated/α-hetero) is 1. The molecule has 6 atom stereocenters. The third-order valence-electron chi connectivity index (χ3n) is 9.03. The molecule has 0 spiro atoms. The standard InChI is InChI=1S/C30H34N2O11/c1-13(33)30(39)9-15-23(29(38)25-24(27(15)36)26(35)14-4-3-5-16(31)22(14)28(25)37)19(10-30)43-20-8-17(18(34)12-42-20)32-6-7-41-21(11-32)40-2/h3-5,17-21,34,36,38-39H,6-12,31H2,1-2H3/t17-,18+,19-,20-,21-,30-/m0/s1. The number of nitrogens with two attached hydrogens (primary N) is 1. The first kappa shape index (κ1) is 29.6. The van der Waals surface area contributed by atoms with Crippen molar-refractivity contribution in [3.63, 3.8) is 0 Å². The Labute approximate surface area is 246 Å². The number of ketones is 3. The summed E-state index contributed by atoms with van der Waals surface area (Å²) < 4.78 is 22.9. The van der Waals surface area contributed by atoms with E-state index in [2.05, 4.69) is 0 Å². The summed E-state index contributed by atoms with van der Waals surface area (Å²) in [5.41, 5.74) is 2.98. The van der Waals surface area contributed by atoms with Crippen molar-refractivity contribution in [2.75, 3.05) is 39.1 Å². The smallest absolute Gasteiger partial charge is 0.200 e. The van der Waals surface area contributed by atoms with Crippen molar-refractivity contribution in [1.82, 2.24) is 4.90 Å². The average Bonchev–Trinajstić information content (AvgIpc) is 2.98. The van der Waals surface area contributed by atoms with Gasteiger partial charge < -0.3 is 45.1 Å². The monoisotopic (exact) mass is 598 g/mol. The average molecular weight is 599 g/mol. The lowest BCUT2D eigenvalue weighted by molar-refractivity contribution is -0.245. The van der Waals surface area contributed by atoms with E-state index in [1.165, 1.54) is 32.2 Å². The predicted octanol–water partition coefficient (Wildman–Crippen LogP) is 0.560. The Bertz CT molecular complexity index is 1510. The first-order chi connectivity index (χ1) is 20.4. The van der Waals surface area contributed by atoms with Crippen LogP contribution >= 0.6 is 0 Å². The van der Waals surface area contributed by atoms with Crippen molar-refractivity contribution in [1.29, 1.82) is 0 Å². The van der Waals surface area contributed by atoms with Gasteiger partial charge in [-0.15, -0.1) is 0 Å². The van der Waals surface area contributed by atoms with Gasteiger partial charge in [0.25, 0.3) is 0 Å². The Morgan fingerprint density at radius 3 is 2.56 bits per heavy atom. The van der Waals surface area contributed by atoms with Gasteiger partial charge in [0.2, 0.25) is 0 Å². The zero-order valence-corrected chi connectivity index (χ0v) is 23.7. The number of aliphatic hydroxyl groups is 2. The summed E-state index contributed by atoms with van der Waals surface area (Å²) in [5, 5.41) is 45.1. The van der Waals surface area contributed by atoms with Crippen molar-refractivity contribution in [3.05, 3.63) is 51.6 Å². The molecule has 2 aliphatic carbocycles. The van der Waals surface area contributed by atoms with Gasteiger partial charge in [0, 0.05) is 67.9 Å². The van der Waals surface area contributed by atoms with Gasteiger partial charge in [-0.1, -0.05) is 12.1 Å². The number of methoxy groups -OCH3 is 1. The molecule has 0 saturated carbocycles. The molecule has 2 aromatic carbocycles. The number of hydrogen-bond acceptors (Lipinski definition) is 13. The quantitative estimate of drug-likeness (QED) is 0.202. The zero-order valence-electron chi connectivity index (χ0n) is 23.7. The van der Waals surface area contributed by atoms with Gasteiger partial charge in [0.05, 0.1) is 42.1 Å². The van der Waals surface area contributed by atoms with Crippen LogP contribution in [0.25, 0.3) is 0 Å². The van der Waals surface area contributed by atoms with Crippen LogP contribution in [0.4, 0.5) is 5.69 Å². The molecule has 2 fully saturated rings. The van der Waals surface area contributed by atoms with Crippen molar-refractivity contribution in [2.45, 2.75) is 62.6 Å². The molecule has 2 aromatic rings. The minimum absolute atomic E-state index is 0.0293. The molecule has 0 bridgehead atoms. The van der Waals surface area contributed by atoms with Crippen molar-refractivity contribution in [3.8, 4) is 11.5 Å². The number of fused-ring (bicyclic) bond motifs is 3. The van der Waals surface area contributed by atoms with Crippen LogP contribution in [0.1, 0.15) is 68.8 Å². The van der Waals surface area contributed by atoms with Crippen molar-refractivity contribution < 1.29 is 53.8 Å². The lowest BCUT2D eigenvalue weighted by Gasteiger charge is -2.45. The molecule has 6 N–H and O–H groups in total. The van der Waals surface area contributed by atoms with Crippen LogP contribution in [0.15, 0.2) is 18.2 Å². The van der Waals surface area contributed by atoms with Crippen LogP contribution < -0.4 is 5.73 Å². The SMILES string of the molecule is CO[C@@H]1CN([C@H]2C[C@H](O[C@H]3C[C@](O)(C(C)=O)Cc4c(O)c5c(c(O)c43)C(=O)c3c(N)cccc3C5=O)OC[C@H]2O)CCO1. The first-order valence-corrected chi connectivity index (χ1v) is 14.1. The molecular weight excluding hydrogens is 564 g/mol. The largest absolute Gasteiger partial charge is 0.507 e. The van der Waals surface area contributed by atoms with E-state index < -0.39 is 82.8 Å². The third kappa shape index (κ3) is 4.81. The van der Waals surface area contributed by atoms with Gasteiger partial charge in [0.1, 0.15) is 17.1 Å². The second-order valence-corrected chi connectivity index (χ2v) is 11.5. The van der Waals surface area contributed by atoms with Crippen LogP contribution in [0.3, 0.4) is 0 Å². The van der Waals surface area contributed by atoms with Gasteiger partial charge in [-0.2, -0.15) is 0 Å². The summed E-state index contributed by atoms with van der Waals surface area (Å²) in [7, 11) is 1.53. The lowest BCUT2D eigenvalue weighted by atomic mass is 9.72. The molecular formula is C30H34N2O11. The summed E-state index contributed by atoms with van der Waals surface area (Å²) in [6.07, 6.45) is -4.07. The lowest BCUT2D eigenvalue weighted by Crippen LogP contribution is -2.57. The molecule has 2 heterocycles. The van der Waals surface area contributed by atoms with E-state index in [4.69, 9.17) is 24.7 Å². The molecule has 2 aliphatic heterocycles. The predicted molar refractivity (Wildman–Crippen MR) is 148 cm³/mol. The number of benzene rings is 2. The van der Waals surface area contributed by atoms with E-state index in [0.717, 1.165) is 0 Å². The molecule has 0 aromatic heterocycles. The number of aromatic hydroxyl groups is 2. The van der Waals surface area contributed by atoms with E-state index in [1.54, 1.807) is 0 Å². The molecule has 13 heteroatoms. The zero-order chi connectivity index (χ0) is 30.8. The van der Waals surface area contributed by atoms with Gasteiger partial charge in [-0.05, 0) is 13.0 Å². The summed E-state index contributed by atoms with van der Waals surface area (Å²) in [5.74, 6) is -3.32. The normalized spacial score (nSPS) is 30.8. The van der Waals surface area contributed by atoms with Crippen LogP contribution in [-0.2, 0) is 30.2 Å². The fourth-order valence-corrected chi connectivity index (χ4v) is 6.68. The van der Waals surface area contributed by atoms with Crippen LogP contribution in [-0.4, -0.2) is 106 Å². The number of phenols is 2. The van der Waals surface area contributed by atoms with E-state index in [0.29, 0.717) is 19.7 Å². The second kappa shape index (κ2) is 10.9. The molecule has 0 unspecified atom stereocenters. The summed E-state index contributed by atoms with van der Waals surface area (Å²) in [4.78, 5) is 41.8. The number of carbonyl (C=O) groups is 3. The maximum Gasteiger partial charge on any atom is 0.200 e. The van der Waals surface area contributed by atoms with Gasteiger partial charge in [-0.25, -0.2) is 0 Å². The summed E-state index contributed by atoms with van der Waals surface area (Å²) in [6, 6.07) is 3.95. The molecule has 13 nitrogen and oxygen atoms in total. The van der Waals surface area contributed by atoms with Gasteiger partial charge >= 0.3 is 0 Å². The number of phenolic OH excluding ortho intramolecular Hbond substituents is 2. The molecule has 4 aliphatic rings. The highest BCUT2D eigenvalue weighted by Crippen LogP contribution is 2.52. The molecule has 0 amide bonds. The van der Waals surface area contributed by atoms with Gasteiger partial charge in [-0.3, -0.25) is 19.3 Å². The van der Waals surface area contributed by atoms with Crippen LogP contribution in [0.5, 0.6) is 11.5 Å². The number of anilines is 1. The van der Waals surface area contributed by atoms with E-state index >= 15 is 0 Å². The maximum absolute atomic E-state index is 13.6. The summed E-state index contributed by atoms with van der Waals surface area (Å²) >= 11 is 0. The second-order valence-electron chi connectivity index (χ2n) is 11.5. The molecule has 2 saturated heterocycles. The topological polar surface area (TPSA) is 198 Å². The number of ether oxygens (including phenoxy) is 4. The maximum atomic E-state index is 13.6. The number of aliphatic hydroxyl groups excluding tert-OH is 1. The first-order valence-electron chi connectivity index (χ1n) is 14.1. The van der Waals surface area contributed by atoms with Gasteiger partial charge in [0.15, 0.2) is 29.9 Å². The molecule has 6 rings (SSSR count). The Kier molecular flexibility index (Phi) is 7.53. The Balaban J connectivity index is 1.40. The number of nitrogens with zero attached hydrogens (tertiary/aromatic N) is 1. The fourth-order valence-electron chi connectivity index (χ4n) is 6.68. The summed E-state index contributed by atoms with van der Waals surface area (Å²) in [6.45, 7) is 2.45. The highest BCUT2D eigenvalue weighted by Gasteiger charge is 2.49. The van der Waals surface area contributed by atoms with E-state index in [9.17, 15) is 34.8 Å². The fraction of sp³-hybridized carbons (Fsp3) is 0.500.